The summed E-state index contributed by atoms with van der Waals surface area (Å²) in [4.78, 5) is 12.1. The number of anilines is 1. The lowest BCUT2D eigenvalue weighted by Gasteiger charge is -2.10. The van der Waals surface area contributed by atoms with Gasteiger partial charge in [-0.1, -0.05) is 0 Å². The molecule has 0 unspecified atom stereocenters. The number of hydrogen-bond acceptors (Lipinski definition) is 7. The molecule has 0 saturated carbocycles. The minimum atomic E-state index is -3.31. The molecule has 4 aromatic rings. The average molecular weight is 485 g/mol. The quantitative estimate of drug-likeness (QED) is 0.352. The Balaban J connectivity index is 1.72. The average Bonchev–Trinajstić information content (AvgIpc) is 3.17. The lowest BCUT2D eigenvalue weighted by atomic mass is 10.0. The van der Waals surface area contributed by atoms with Gasteiger partial charge in [0.25, 0.3) is 0 Å². The fourth-order valence-corrected chi connectivity index (χ4v) is 3.79. The Morgan fingerprint density at radius 1 is 1.06 bits per heavy atom. The number of furan rings is 1. The number of benzene rings is 3. The Kier molecular flexibility index (Phi) is 6.16. The molecule has 2 N–H and O–H groups in total. The van der Waals surface area contributed by atoms with Crippen molar-refractivity contribution in [3.63, 3.8) is 0 Å². The van der Waals surface area contributed by atoms with Crippen molar-refractivity contribution in [1.82, 2.24) is 0 Å². The molecular formula is C24H20FNO7S. The summed E-state index contributed by atoms with van der Waals surface area (Å²) in [5.41, 5.74) is 1.02. The van der Waals surface area contributed by atoms with Gasteiger partial charge in [-0.15, -0.1) is 0 Å². The van der Waals surface area contributed by atoms with Crippen LogP contribution in [0.4, 0.5) is 10.1 Å². The number of rotatable bonds is 8. The highest BCUT2D eigenvalue weighted by atomic mass is 32.2. The summed E-state index contributed by atoms with van der Waals surface area (Å²) in [6.45, 7) is 0. The SMILES string of the molecule is COc1cc2c(C(=O)O)c(-c3ccc(Oc4ccc(F)cc4)cc3)oc2cc1NCS(C)(=O)=O. The van der Waals surface area contributed by atoms with Gasteiger partial charge in [0, 0.05) is 23.3 Å². The van der Waals surface area contributed by atoms with Crippen molar-refractivity contribution in [2.75, 3.05) is 24.6 Å². The molecule has 0 aliphatic heterocycles. The number of halogens is 1. The number of nitrogens with one attached hydrogen (secondary N) is 1. The molecule has 0 spiro atoms. The zero-order valence-electron chi connectivity index (χ0n) is 18.2. The van der Waals surface area contributed by atoms with E-state index in [0.717, 1.165) is 6.26 Å². The van der Waals surface area contributed by atoms with Gasteiger partial charge in [-0.25, -0.2) is 17.6 Å². The molecule has 176 valence electrons. The lowest BCUT2D eigenvalue weighted by molar-refractivity contribution is 0.0699. The first-order valence-electron chi connectivity index (χ1n) is 9.98. The van der Waals surface area contributed by atoms with E-state index in [-0.39, 0.29) is 34.4 Å². The molecule has 0 fully saturated rings. The highest BCUT2D eigenvalue weighted by Gasteiger charge is 2.24. The number of hydrogen-bond donors (Lipinski definition) is 2. The van der Waals surface area contributed by atoms with Crippen molar-refractivity contribution < 1.29 is 36.6 Å². The van der Waals surface area contributed by atoms with Gasteiger partial charge in [-0.3, -0.25) is 0 Å². The van der Waals surface area contributed by atoms with E-state index in [1.165, 1.54) is 43.5 Å². The van der Waals surface area contributed by atoms with E-state index in [0.29, 0.717) is 28.1 Å². The molecule has 8 nitrogen and oxygen atoms in total. The summed E-state index contributed by atoms with van der Waals surface area (Å²) in [5.74, 6) is -0.585. The van der Waals surface area contributed by atoms with Crippen molar-refractivity contribution in [3.05, 3.63) is 72.0 Å². The second kappa shape index (κ2) is 9.06. The van der Waals surface area contributed by atoms with Crippen LogP contribution in [-0.4, -0.2) is 38.7 Å². The van der Waals surface area contributed by atoms with Crippen LogP contribution in [0.2, 0.25) is 0 Å². The van der Waals surface area contributed by atoms with Crippen LogP contribution in [0.3, 0.4) is 0 Å². The molecule has 1 heterocycles. The predicted octanol–water partition coefficient (Wildman–Crippen LogP) is 5.15. The van der Waals surface area contributed by atoms with Crippen LogP contribution in [-0.2, 0) is 9.84 Å². The number of methoxy groups -OCH3 is 1. The molecule has 0 radical (unpaired) electrons. The molecule has 0 aliphatic carbocycles. The Hall–Kier alpha value is -4.05. The number of fused-ring (bicyclic) bond motifs is 1. The number of aromatic carboxylic acids is 1. The Morgan fingerprint density at radius 2 is 1.68 bits per heavy atom. The van der Waals surface area contributed by atoms with E-state index in [1.807, 2.05) is 0 Å². The molecule has 3 aromatic carbocycles. The van der Waals surface area contributed by atoms with Gasteiger partial charge in [0.05, 0.1) is 12.8 Å². The zero-order valence-corrected chi connectivity index (χ0v) is 19.0. The zero-order chi connectivity index (χ0) is 24.5. The van der Waals surface area contributed by atoms with Gasteiger partial charge in [0.2, 0.25) is 0 Å². The van der Waals surface area contributed by atoms with Crippen molar-refractivity contribution in [1.29, 1.82) is 0 Å². The first-order valence-corrected chi connectivity index (χ1v) is 12.0. The van der Waals surface area contributed by atoms with Gasteiger partial charge in [-0.2, -0.15) is 0 Å². The Morgan fingerprint density at radius 3 is 2.24 bits per heavy atom. The molecule has 34 heavy (non-hydrogen) atoms. The number of carbonyl (C=O) groups is 1. The molecule has 0 amide bonds. The Bertz CT molecular complexity index is 1460. The molecule has 0 bridgehead atoms. The molecule has 1 aromatic heterocycles. The maximum atomic E-state index is 13.1. The fraction of sp³-hybridized carbons (Fsp3) is 0.125. The number of carboxylic acids is 1. The van der Waals surface area contributed by atoms with Crippen LogP contribution in [0.15, 0.2) is 65.1 Å². The third-order valence-electron chi connectivity index (χ3n) is 4.91. The van der Waals surface area contributed by atoms with E-state index in [2.05, 4.69) is 5.32 Å². The van der Waals surface area contributed by atoms with E-state index >= 15 is 0 Å². The highest BCUT2D eigenvalue weighted by molar-refractivity contribution is 7.90. The van der Waals surface area contributed by atoms with Gasteiger partial charge < -0.3 is 24.3 Å². The summed E-state index contributed by atoms with van der Waals surface area (Å²) in [6, 6.07) is 15.1. The van der Waals surface area contributed by atoms with Crippen molar-refractivity contribution in [2.24, 2.45) is 0 Å². The van der Waals surface area contributed by atoms with Crippen molar-refractivity contribution >= 4 is 32.5 Å². The fourth-order valence-electron chi connectivity index (χ4n) is 3.37. The molecule has 4 rings (SSSR count). The molecule has 0 atom stereocenters. The molecule has 0 aliphatic rings. The van der Waals surface area contributed by atoms with Crippen LogP contribution in [0.25, 0.3) is 22.3 Å². The maximum absolute atomic E-state index is 13.1. The van der Waals surface area contributed by atoms with Crippen LogP contribution in [0, 0.1) is 5.82 Å². The largest absolute Gasteiger partial charge is 0.495 e. The topological polar surface area (TPSA) is 115 Å². The molecule has 10 heteroatoms. The third kappa shape index (κ3) is 4.96. The van der Waals surface area contributed by atoms with Gasteiger partial charge in [-0.05, 0) is 54.6 Å². The van der Waals surface area contributed by atoms with Crippen LogP contribution >= 0.6 is 0 Å². The predicted molar refractivity (Wildman–Crippen MR) is 125 cm³/mol. The Labute approximate surface area is 194 Å². The summed E-state index contributed by atoms with van der Waals surface area (Å²) >= 11 is 0. The first kappa shape index (κ1) is 23.1. The minimum absolute atomic E-state index is 0.0600. The monoisotopic (exact) mass is 485 g/mol. The summed E-state index contributed by atoms with van der Waals surface area (Å²) in [7, 11) is -1.91. The van der Waals surface area contributed by atoms with Crippen LogP contribution in [0.5, 0.6) is 17.2 Å². The summed E-state index contributed by atoms with van der Waals surface area (Å²) in [6.07, 6.45) is 1.09. The first-order chi connectivity index (χ1) is 16.1. The highest BCUT2D eigenvalue weighted by Crippen LogP contribution is 2.39. The van der Waals surface area contributed by atoms with Gasteiger partial charge in [0.15, 0.2) is 9.84 Å². The van der Waals surface area contributed by atoms with E-state index in [9.17, 15) is 22.7 Å². The van der Waals surface area contributed by atoms with E-state index < -0.39 is 15.8 Å². The third-order valence-corrected chi connectivity index (χ3v) is 5.58. The second-order valence-electron chi connectivity index (χ2n) is 7.49. The van der Waals surface area contributed by atoms with E-state index in [1.54, 1.807) is 24.3 Å². The van der Waals surface area contributed by atoms with Crippen LogP contribution in [0.1, 0.15) is 10.4 Å². The molecule has 0 saturated heterocycles. The number of sulfone groups is 1. The standard InChI is InChI=1S/C24H20FNO7S/c1-31-21-11-18-20(12-19(21)26-13-34(2,29)30)33-23(22(18)24(27)28)14-3-7-16(8-4-14)32-17-9-5-15(25)6-10-17/h3-12,26H,13H2,1-2H3,(H,27,28). The van der Waals surface area contributed by atoms with Gasteiger partial charge in [0.1, 0.15) is 45.8 Å². The summed E-state index contributed by atoms with van der Waals surface area (Å²) in [5, 5.41) is 12.9. The van der Waals surface area contributed by atoms with Crippen molar-refractivity contribution in [3.8, 4) is 28.6 Å². The lowest BCUT2D eigenvalue weighted by Crippen LogP contribution is -2.12. The van der Waals surface area contributed by atoms with Crippen molar-refractivity contribution in [2.45, 2.75) is 0 Å². The second-order valence-corrected chi connectivity index (χ2v) is 9.63. The number of ether oxygens (including phenoxy) is 2. The number of carboxylic acid groups (broad SMARTS) is 1. The maximum Gasteiger partial charge on any atom is 0.340 e. The van der Waals surface area contributed by atoms with Gasteiger partial charge >= 0.3 is 5.97 Å². The summed E-state index contributed by atoms with van der Waals surface area (Å²) < 4.78 is 53.0. The van der Waals surface area contributed by atoms with Crippen LogP contribution < -0.4 is 14.8 Å². The molecular weight excluding hydrogens is 465 g/mol. The minimum Gasteiger partial charge on any atom is -0.495 e. The normalized spacial score (nSPS) is 11.4. The smallest absolute Gasteiger partial charge is 0.340 e. The van der Waals surface area contributed by atoms with E-state index in [4.69, 9.17) is 13.9 Å².